The summed E-state index contributed by atoms with van der Waals surface area (Å²) in [5.74, 6) is 0.594. The van der Waals surface area contributed by atoms with Crippen molar-refractivity contribution in [2.75, 3.05) is 7.11 Å². The molecule has 0 aliphatic carbocycles. The van der Waals surface area contributed by atoms with E-state index in [1.807, 2.05) is 12.1 Å². The summed E-state index contributed by atoms with van der Waals surface area (Å²) in [4.78, 5) is 12.4. The maximum Gasteiger partial charge on any atom is 0.274 e. The predicted molar refractivity (Wildman–Crippen MR) is 98.9 cm³/mol. The van der Waals surface area contributed by atoms with Crippen LogP contribution in [-0.2, 0) is 23.8 Å². The van der Waals surface area contributed by atoms with Crippen molar-refractivity contribution >= 4 is 21.0 Å². The van der Waals surface area contributed by atoms with Crippen LogP contribution in [0.25, 0.3) is 22.0 Å². The largest absolute Gasteiger partial charge is 0.497 e. The highest BCUT2D eigenvalue weighted by Crippen LogP contribution is 2.27. The molecule has 3 aromatic rings. The first-order valence-corrected chi connectivity index (χ1v) is 9.25. The van der Waals surface area contributed by atoms with E-state index in [2.05, 4.69) is 9.82 Å². The molecule has 0 bridgehead atoms. The first kappa shape index (κ1) is 18.1. The molecule has 26 heavy (non-hydrogen) atoms. The van der Waals surface area contributed by atoms with Crippen LogP contribution in [0.4, 0.5) is 0 Å². The average molecular weight is 374 g/mol. The first-order valence-electron chi connectivity index (χ1n) is 7.70. The average Bonchev–Trinajstić information content (AvgIpc) is 2.62. The Morgan fingerprint density at radius 1 is 1.15 bits per heavy atom. The van der Waals surface area contributed by atoms with Crippen LogP contribution in [-0.4, -0.2) is 25.3 Å². The zero-order chi connectivity index (χ0) is 18.9. The SMILES string of the molecule is COc1ccc2c(-c3ccc(CNS(N)(=O)=O)cc3)nn(C)c(=O)c2c1. The van der Waals surface area contributed by atoms with E-state index in [-0.39, 0.29) is 12.1 Å². The molecule has 1 aromatic heterocycles. The van der Waals surface area contributed by atoms with Gasteiger partial charge in [-0.2, -0.15) is 18.2 Å². The molecule has 9 heteroatoms. The number of nitrogens with one attached hydrogen (secondary N) is 1. The van der Waals surface area contributed by atoms with E-state index < -0.39 is 10.2 Å². The zero-order valence-electron chi connectivity index (χ0n) is 14.3. The number of fused-ring (bicyclic) bond motifs is 1. The Kier molecular flexibility index (Phi) is 4.77. The summed E-state index contributed by atoms with van der Waals surface area (Å²) >= 11 is 0. The Morgan fingerprint density at radius 3 is 2.46 bits per heavy atom. The minimum absolute atomic E-state index is 0.0950. The van der Waals surface area contributed by atoms with Crippen LogP contribution in [0.15, 0.2) is 47.3 Å². The van der Waals surface area contributed by atoms with Crippen molar-refractivity contribution < 1.29 is 13.2 Å². The van der Waals surface area contributed by atoms with Crippen molar-refractivity contribution in [3.05, 3.63) is 58.4 Å². The van der Waals surface area contributed by atoms with Crippen LogP contribution < -0.4 is 20.2 Å². The van der Waals surface area contributed by atoms with E-state index in [1.54, 1.807) is 44.5 Å². The second-order valence-electron chi connectivity index (χ2n) is 5.75. The second-order valence-corrected chi connectivity index (χ2v) is 7.13. The highest BCUT2D eigenvalue weighted by Gasteiger charge is 2.12. The van der Waals surface area contributed by atoms with Gasteiger partial charge in [-0.1, -0.05) is 24.3 Å². The van der Waals surface area contributed by atoms with Gasteiger partial charge in [0, 0.05) is 24.5 Å². The number of aromatic nitrogens is 2. The summed E-state index contributed by atoms with van der Waals surface area (Å²) in [6, 6.07) is 12.4. The van der Waals surface area contributed by atoms with Crippen LogP contribution >= 0.6 is 0 Å². The number of nitrogens with two attached hydrogens (primary N) is 1. The molecule has 0 spiro atoms. The van der Waals surface area contributed by atoms with E-state index in [0.29, 0.717) is 22.2 Å². The monoisotopic (exact) mass is 374 g/mol. The molecule has 0 saturated heterocycles. The van der Waals surface area contributed by atoms with Gasteiger partial charge in [-0.3, -0.25) is 4.79 Å². The van der Waals surface area contributed by atoms with Gasteiger partial charge >= 0.3 is 0 Å². The van der Waals surface area contributed by atoms with Gasteiger partial charge < -0.3 is 4.74 Å². The van der Waals surface area contributed by atoms with Gasteiger partial charge in [0.1, 0.15) is 5.75 Å². The Balaban J connectivity index is 2.05. The Hall–Kier alpha value is -2.75. The van der Waals surface area contributed by atoms with Gasteiger partial charge in [-0.25, -0.2) is 9.82 Å². The summed E-state index contributed by atoms with van der Waals surface area (Å²) in [6.07, 6.45) is 0. The van der Waals surface area contributed by atoms with Gasteiger partial charge in [-0.15, -0.1) is 0 Å². The fourth-order valence-electron chi connectivity index (χ4n) is 2.63. The van der Waals surface area contributed by atoms with E-state index >= 15 is 0 Å². The van der Waals surface area contributed by atoms with Gasteiger partial charge in [0.15, 0.2) is 0 Å². The van der Waals surface area contributed by atoms with Gasteiger partial charge in [-0.05, 0) is 23.8 Å². The molecule has 0 aliphatic rings. The predicted octanol–water partition coefficient (Wildman–Crippen LogP) is 0.902. The highest BCUT2D eigenvalue weighted by molar-refractivity contribution is 7.87. The van der Waals surface area contributed by atoms with Crippen LogP contribution in [0.1, 0.15) is 5.56 Å². The highest BCUT2D eigenvalue weighted by atomic mass is 32.2. The molecule has 0 unspecified atom stereocenters. The van der Waals surface area contributed by atoms with E-state index in [0.717, 1.165) is 11.1 Å². The number of methoxy groups -OCH3 is 1. The third-order valence-corrected chi connectivity index (χ3v) is 4.51. The van der Waals surface area contributed by atoms with Crippen molar-refractivity contribution in [3.63, 3.8) is 0 Å². The summed E-state index contributed by atoms with van der Waals surface area (Å²) in [7, 11) is -0.607. The Bertz CT molecular complexity index is 1120. The van der Waals surface area contributed by atoms with Crippen molar-refractivity contribution in [1.29, 1.82) is 0 Å². The standard InChI is InChI=1S/C17H18N4O4S/c1-21-17(22)15-9-13(25-2)7-8-14(15)16(20-21)12-5-3-11(4-6-12)10-19-26(18,23)24/h3-9,19H,10H2,1-2H3,(H2,18,23,24). The number of rotatable bonds is 5. The molecular weight excluding hydrogens is 356 g/mol. The maximum atomic E-state index is 12.4. The zero-order valence-corrected chi connectivity index (χ0v) is 15.1. The van der Waals surface area contributed by atoms with E-state index in [9.17, 15) is 13.2 Å². The Morgan fingerprint density at radius 2 is 1.85 bits per heavy atom. The normalized spacial score (nSPS) is 11.7. The summed E-state index contributed by atoms with van der Waals surface area (Å²) in [6.45, 7) is 0.0950. The number of aryl methyl sites for hydroxylation is 1. The third-order valence-electron chi connectivity index (χ3n) is 3.96. The van der Waals surface area contributed by atoms with Crippen molar-refractivity contribution in [2.45, 2.75) is 6.54 Å². The van der Waals surface area contributed by atoms with Gasteiger partial charge in [0.25, 0.3) is 15.8 Å². The van der Waals surface area contributed by atoms with Crippen LogP contribution in [0, 0.1) is 0 Å². The summed E-state index contributed by atoms with van der Waals surface area (Å²) < 4.78 is 30.7. The second kappa shape index (κ2) is 6.87. The molecule has 3 rings (SSSR count). The van der Waals surface area contributed by atoms with Gasteiger partial charge in [0.2, 0.25) is 0 Å². The quantitative estimate of drug-likeness (QED) is 0.688. The summed E-state index contributed by atoms with van der Waals surface area (Å²) in [5.41, 5.74) is 1.99. The van der Waals surface area contributed by atoms with Crippen LogP contribution in [0.5, 0.6) is 5.75 Å². The molecule has 0 atom stereocenters. The molecule has 0 saturated carbocycles. The molecule has 8 nitrogen and oxygen atoms in total. The number of hydrogen-bond acceptors (Lipinski definition) is 5. The number of benzene rings is 2. The Labute approximate surface area is 150 Å². The van der Waals surface area contributed by atoms with E-state index in [4.69, 9.17) is 9.88 Å². The molecule has 136 valence electrons. The van der Waals surface area contributed by atoms with E-state index in [1.165, 1.54) is 4.68 Å². The first-order chi connectivity index (χ1) is 12.3. The van der Waals surface area contributed by atoms with Crippen molar-refractivity contribution in [1.82, 2.24) is 14.5 Å². The molecular formula is C17H18N4O4S. The van der Waals surface area contributed by atoms with Crippen LogP contribution in [0.3, 0.4) is 0 Å². The fourth-order valence-corrected chi connectivity index (χ4v) is 3.00. The molecule has 1 heterocycles. The topological polar surface area (TPSA) is 116 Å². The van der Waals surface area contributed by atoms with Gasteiger partial charge in [0.05, 0.1) is 18.2 Å². The van der Waals surface area contributed by atoms with Crippen molar-refractivity contribution in [2.24, 2.45) is 12.2 Å². The minimum Gasteiger partial charge on any atom is -0.497 e. The maximum absolute atomic E-state index is 12.4. The van der Waals surface area contributed by atoms with Crippen LogP contribution in [0.2, 0.25) is 0 Å². The molecule has 0 aliphatic heterocycles. The number of nitrogens with zero attached hydrogens (tertiary/aromatic N) is 2. The molecule has 3 N–H and O–H groups in total. The third kappa shape index (κ3) is 3.74. The molecule has 0 fully saturated rings. The lowest BCUT2D eigenvalue weighted by Gasteiger charge is -2.10. The number of ether oxygens (including phenoxy) is 1. The lowest BCUT2D eigenvalue weighted by atomic mass is 10.0. The fraction of sp³-hybridized carbons (Fsp3) is 0.176. The molecule has 0 amide bonds. The lowest BCUT2D eigenvalue weighted by molar-refractivity contribution is 0.415. The minimum atomic E-state index is -3.74. The lowest BCUT2D eigenvalue weighted by Crippen LogP contribution is -2.30. The smallest absolute Gasteiger partial charge is 0.274 e. The molecule has 2 aromatic carbocycles. The number of hydrogen-bond donors (Lipinski definition) is 2. The molecule has 0 radical (unpaired) electrons. The summed E-state index contributed by atoms with van der Waals surface area (Å²) in [5, 5.41) is 10.5. The van der Waals surface area contributed by atoms with Crippen molar-refractivity contribution in [3.8, 4) is 17.0 Å².